The molecule has 0 aliphatic carbocycles. The van der Waals surface area contributed by atoms with Crippen LogP contribution in [0.15, 0.2) is 59.5 Å². The Labute approximate surface area is 133 Å². The minimum Gasteiger partial charge on any atom is -0.325 e. The number of benzene rings is 2. The van der Waals surface area contributed by atoms with E-state index in [1.165, 1.54) is 19.2 Å². The third-order valence-electron chi connectivity index (χ3n) is 3.21. The van der Waals surface area contributed by atoms with Gasteiger partial charge in [0.1, 0.15) is 0 Å². The van der Waals surface area contributed by atoms with Gasteiger partial charge in [0, 0.05) is 11.3 Å². The number of nitrogens with zero attached hydrogens (tertiary/aromatic N) is 2. The molecule has 3 N–H and O–H groups in total. The van der Waals surface area contributed by atoms with Crippen molar-refractivity contribution in [2.75, 3.05) is 12.4 Å². The van der Waals surface area contributed by atoms with E-state index in [9.17, 15) is 8.42 Å². The maximum absolute atomic E-state index is 11.7. The summed E-state index contributed by atoms with van der Waals surface area (Å²) in [4.78, 5) is 4.56. The van der Waals surface area contributed by atoms with Gasteiger partial charge in [0.25, 0.3) is 0 Å². The molecular formula is C15H15N5O2S. The second-order valence-corrected chi connectivity index (χ2v) is 6.62. The third-order valence-corrected chi connectivity index (χ3v) is 4.64. The van der Waals surface area contributed by atoms with Gasteiger partial charge >= 0.3 is 0 Å². The Hall–Kier alpha value is -2.71. The summed E-state index contributed by atoms with van der Waals surface area (Å²) in [6.45, 7) is 0. The zero-order valence-electron chi connectivity index (χ0n) is 12.3. The van der Waals surface area contributed by atoms with Gasteiger partial charge in [-0.3, -0.25) is 0 Å². The lowest BCUT2D eigenvalue weighted by Gasteiger charge is -2.05. The van der Waals surface area contributed by atoms with Crippen molar-refractivity contribution in [1.29, 1.82) is 0 Å². The van der Waals surface area contributed by atoms with Crippen LogP contribution < -0.4 is 10.0 Å². The molecule has 23 heavy (non-hydrogen) atoms. The zero-order chi connectivity index (χ0) is 16.3. The number of aromatic amines is 1. The molecular weight excluding hydrogens is 314 g/mol. The van der Waals surface area contributed by atoms with Gasteiger partial charge in [-0.2, -0.15) is 10.1 Å². The molecule has 0 fully saturated rings. The average Bonchev–Trinajstić information content (AvgIpc) is 3.05. The summed E-state index contributed by atoms with van der Waals surface area (Å²) < 4.78 is 25.6. The molecule has 3 rings (SSSR count). The fraction of sp³-hybridized carbons (Fsp3) is 0.0667. The zero-order valence-corrected chi connectivity index (χ0v) is 13.1. The van der Waals surface area contributed by atoms with E-state index in [0.717, 1.165) is 5.56 Å². The number of rotatable bonds is 5. The maximum atomic E-state index is 11.7. The quantitative estimate of drug-likeness (QED) is 0.666. The smallest absolute Gasteiger partial charge is 0.240 e. The second kappa shape index (κ2) is 6.19. The Morgan fingerprint density at radius 1 is 1.00 bits per heavy atom. The van der Waals surface area contributed by atoms with Crippen LogP contribution in [0.2, 0.25) is 0 Å². The molecule has 118 valence electrons. The normalized spacial score (nSPS) is 11.3. The Bertz CT molecular complexity index is 889. The minimum absolute atomic E-state index is 0.202. The monoisotopic (exact) mass is 329 g/mol. The van der Waals surface area contributed by atoms with Gasteiger partial charge < -0.3 is 5.32 Å². The van der Waals surface area contributed by atoms with E-state index >= 15 is 0 Å². The number of hydrogen-bond donors (Lipinski definition) is 3. The Balaban J connectivity index is 1.77. The predicted molar refractivity (Wildman–Crippen MR) is 87.8 cm³/mol. The molecule has 0 bridgehead atoms. The van der Waals surface area contributed by atoms with Crippen LogP contribution in [0.3, 0.4) is 0 Å². The van der Waals surface area contributed by atoms with E-state index in [1.807, 2.05) is 30.3 Å². The second-order valence-electron chi connectivity index (χ2n) is 4.73. The van der Waals surface area contributed by atoms with Gasteiger partial charge in [0.2, 0.25) is 16.0 Å². The average molecular weight is 329 g/mol. The number of hydrogen-bond acceptors (Lipinski definition) is 5. The Morgan fingerprint density at radius 2 is 1.70 bits per heavy atom. The van der Waals surface area contributed by atoms with Crippen molar-refractivity contribution in [1.82, 2.24) is 19.9 Å². The van der Waals surface area contributed by atoms with Crippen LogP contribution in [-0.4, -0.2) is 30.6 Å². The molecule has 0 spiro atoms. The molecule has 0 radical (unpaired) electrons. The molecule has 0 atom stereocenters. The first-order chi connectivity index (χ1) is 11.1. The fourth-order valence-corrected chi connectivity index (χ4v) is 2.74. The van der Waals surface area contributed by atoms with Crippen molar-refractivity contribution < 1.29 is 8.42 Å². The van der Waals surface area contributed by atoms with Crippen LogP contribution in [0.5, 0.6) is 0 Å². The summed E-state index contributed by atoms with van der Waals surface area (Å²) >= 11 is 0. The highest BCUT2D eigenvalue weighted by molar-refractivity contribution is 7.89. The Morgan fingerprint density at radius 3 is 2.35 bits per heavy atom. The highest BCUT2D eigenvalue weighted by atomic mass is 32.2. The van der Waals surface area contributed by atoms with Crippen LogP contribution in [0.1, 0.15) is 0 Å². The highest BCUT2D eigenvalue weighted by Gasteiger charge is 2.11. The van der Waals surface area contributed by atoms with Crippen molar-refractivity contribution in [3.63, 3.8) is 0 Å². The predicted octanol–water partition coefficient (Wildman–Crippen LogP) is 2.12. The summed E-state index contributed by atoms with van der Waals surface area (Å²) in [6, 6.07) is 16.0. The lowest BCUT2D eigenvalue weighted by Crippen LogP contribution is -2.18. The lowest BCUT2D eigenvalue weighted by atomic mass is 10.2. The molecule has 0 saturated heterocycles. The molecule has 0 unspecified atom stereocenters. The number of aromatic nitrogens is 3. The van der Waals surface area contributed by atoms with Crippen molar-refractivity contribution in [3.8, 4) is 11.4 Å². The van der Waals surface area contributed by atoms with E-state index in [4.69, 9.17) is 0 Å². The fourth-order valence-electron chi connectivity index (χ4n) is 2.01. The largest absolute Gasteiger partial charge is 0.325 e. The summed E-state index contributed by atoms with van der Waals surface area (Å²) in [5.74, 6) is 1.07. The molecule has 8 heteroatoms. The minimum atomic E-state index is -3.43. The number of nitrogens with one attached hydrogen (secondary N) is 3. The SMILES string of the molecule is CNS(=O)(=O)c1ccc(Nc2nc(-c3ccccc3)n[nH]2)cc1. The molecule has 0 amide bonds. The van der Waals surface area contributed by atoms with Crippen LogP contribution in [0.4, 0.5) is 11.6 Å². The number of anilines is 2. The topological polar surface area (TPSA) is 99.8 Å². The van der Waals surface area contributed by atoms with Crippen molar-refractivity contribution in [3.05, 3.63) is 54.6 Å². The van der Waals surface area contributed by atoms with E-state index in [-0.39, 0.29) is 4.90 Å². The van der Waals surface area contributed by atoms with Crippen LogP contribution in [-0.2, 0) is 10.0 Å². The van der Waals surface area contributed by atoms with Crippen molar-refractivity contribution in [2.45, 2.75) is 4.90 Å². The maximum Gasteiger partial charge on any atom is 0.240 e. The van der Waals surface area contributed by atoms with Gasteiger partial charge in [0.15, 0.2) is 5.82 Å². The first-order valence-corrected chi connectivity index (χ1v) is 8.35. The van der Waals surface area contributed by atoms with Gasteiger partial charge in [-0.15, -0.1) is 0 Å². The van der Waals surface area contributed by atoms with E-state index < -0.39 is 10.0 Å². The van der Waals surface area contributed by atoms with Crippen LogP contribution in [0.25, 0.3) is 11.4 Å². The molecule has 0 aliphatic heterocycles. The van der Waals surface area contributed by atoms with Crippen LogP contribution >= 0.6 is 0 Å². The summed E-state index contributed by atoms with van der Waals surface area (Å²) in [5.41, 5.74) is 1.61. The molecule has 2 aromatic carbocycles. The van der Waals surface area contributed by atoms with Gasteiger partial charge in [-0.1, -0.05) is 30.3 Å². The number of H-pyrrole nitrogens is 1. The van der Waals surface area contributed by atoms with E-state index in [0.29, 0.717) is 17.5 Å². The van der Waals surface area contributed by atoms with Gasteiger partial charge in [-0.25, -0.2) is 18.2 Å². The van der Waals surface area contributed by atoms with Gasteiger partial charge in [0.05, 0.1) is 4.90 Å². The first kappa shape index (κ1) is 15.2. The number of sulfonamides is 1. The van der Waals surface area contributed by atoms with E-state index in [2.05, 4.69) is 25.2 Å². The Kier molecular flexibility index (Phi) is 4.09. The summed E-state index contributed by atoms with van der Waals surface area (Å²) in [6.07, 6.45) is 0. The van der Waals surface area contributed by atoms with E-state index in [1.54, 1.807) is 12.1 Å². The summed E-state index contributed by atoms with van der Waals surface area (Å²) in [7, 11) is -2.06. The molecule has 7 nitrogen and oxygen atoms in total. The lowest BCUT2D eigenvalue weighted by molar-refractivity contribution is 0.588. The molecule has 0 saturated carbocycles. The van der Waals surface area contributed by atoms with Crippen molar-refractivity contribution in [2.24, 2.45) is 0 Å². The molecule has 0 aliphatic rings. The van der Waals surface area contributed by atoms with Crippen LogP contribution in [0, 0.1) is 0 Å². The third kappa shape index (κ3) is 3.38. The highest BCUT2D eigenvalue weighted by Crippen LogP contribution is 2.19. The standard InChI is InChI=1S/C15H15N5O2S/c1-16-23(21,22)13-9-7-12(8-10-13)17-15-18-14(19-20-15)11-5-3-2-4-6-11/h2-10,16H,1H3,(H2,17,18,19,20). The molecule has 1 aromatic heterocycles. The first-order valence-electron chi connectivity index (χ1n) is 6.87. The van der Waals surface area contributed by atoms with Gasteiger partial charge in [-0.05, 0) is 31.3 Å². The molecule has 3 aromatic rings. The molecule has 1 heterocycles. The van der Waals surface area contributed by atoms with Crippen molar-refractivity contribution >= 4 is 21.7 Å². The summed E-state index contributed by atoms with van der Waals surface area (Å²) in [5, 5.41) is 10.0.